The second-order valence-corrected chi connectivity index (χ2v) is 9.87. The van der Waals surface area contributed by atoms with Crippen LogP contribution < -0.4 is 9.47 Å². The van der Waals surface area contributed by atoms with Crippen LogP contribution in [0.15, 0.2) is 71.6 Å². The van der Waals surface area contributed by atoms with Crippen molar-refractivity contribution >= 4 is 16.0 Å². The molecule has 0 N–H and O–H groups in total. The fourth-order valence-electron chi connectivity index (χ4n) is 3.52. The van der Waals surface area contributed by atoms with Crippen LogP contribution in [0.5, 0.6) is 17.2 Å². The molecule has 0 aliphatic rings. The Hall–Kier alpha value is -3.57. The molecule has 0 saturated heterocycles. The Bertz CT molecular complexity index is 1340. The third-order valence-corrected chi connectivity index (χ3v) is 7.42. The molecule has 0 spiro atoms. The van der Waals surface area contributed by atoms with Crippen molar-refractivity contribution in [2.75, 3.05) is 20.8 Å². The van der Waals surface area contributed by atoms with Gasteiger partial charge in [-0.05, 0) is 60.2 Å². The Morgan fingerprint density at radius 3 is 2.24 bits per heavy atom. The Labute approximate surface area is 213 Å². The van der Waals surface area contributed by atoms with Crippen molar-refractivity contribution in [1.82, 2.24) is 4.31 Å². The van der Waals surface area contributed by atoms with Crippen molar-refractivity contribution in [2.24, 2.45) is 0 Å². The van der Waals surface area contributed by atoms with Gasteiger partial charge in [-0.2, -0.15) is 17.5 Å². The monoisotopic (exact) mass is 537 g/mol. The number of carbonyl (C=O) groups is 1. The average Bonchev–Trinajstić information content (AvgIpc) is 2.87. The zero-order valence-electron chi connectivity index (χ0n) is 20.4. The molecule has 0 atom stereocenters. The first-order chi connectivity index (χ1) is 17.5. The van der Waals surface area contributed by atoms with E-state index in [-0.39, 0.29) is 41.5 Å². The maximum Gasteiger partial charge on any atom is 0.416 e. The number of esters is 1. The summed E-state index contributed by atoms with van der Waals surface area (Å²) >= 11 is 0. The van der Waals surface area contributed by atoms with Gasteiger partial charge >= 0.3 is 12.1 Å². The molecule has 0 amide bonds. The number of methoxy groups -OCH3 is 2. The molecule has 0 aromatic heterocycles. The van der Waals surface area contributed by atoms with Gasteiger partial charge in [-0.3, -0.25) is 4.79 Å². The van der Waals surface area contributed by atoms with Gasteiger partial charge in [-0.15, -0.1) is 0 Å². The highest BCUT2D eigenvalue weighted by Crippen LogP contribution is 2.35. The van der Waals surface area contributed by atoms with Crippen molar-refractivity contribution in [3.8, 4) is 17.2 Å². The first-order valence-corrected chi connectivity index (χ1v) is 12.6. The Morgan fingerprint density at radius 1 is 0.946 bits per heavy atom. The number of nitrogens with zero attached hydrogens (tertiary/aromatic N) is 1. The van der Waals surface area contributed by atoms with E-state index in [2.05, 4.69) is 4.74 Å². The topological polar surface area (TPSA) is 82.1 Å². The molecule has 0 heterocycles. The highest BCUT2D eigenvalue weighted by molar-refractivity contribution is 7.89. The summed E-state index contributed by atoms with van der Waals surface area (Å²) in [6, 6.07) is 15.0. The van der Waals surface area contributed by atoms with Gasteiger partial charge in [0.05, 0.1) is 31.1 Å². The van der Waals surface area contributed by atoms with Crippen LogP contribution in [0.25, 0.3) is 0 Å². The van der Waals surface area contributed by atoms with Crippen LogP contribution in [0.2, 0.25) is 0 Å². The smallest absolute Gasteiger partial charge is 0.416 e. The number of benzene rings is 3. The summed E-state index contributed by atoms with van der Waals surface area (Å²) in [6.45, 7) is 1.22. The summed E-state index contributed by atoms with van der Waals surface area (Å²) in [7, 11) is -1.34. The maximum atomic E-state index is 13.5. The molecule has 0 radical (unpaired) electrons. The van der Waals surface area contributed by atoms with E-state index in [1.807, 2.05) is 0 Å². The number of halogens is 3. The Kier molecular flexibility index (Phi) is 8.82. The van der Waals surface area contributed by atoms with Gasteiger partial charge < -0.3 is 14.2 Å². The number of hydrogen-bond acceptors (Lipinski definition) is 6. The molecule has 0 aliphatic carbocycles. The molecule has 11 heteroatoms. The van der Waals surface area contributed by atoms with Gasteiger partial charge in [0.15, 0.2) is 0 Å². The molecular weight excluding hydrogens is 511 g/mol. The van der Waals surface area contributed by atoms with Gasteiger partial charge in [-0.25, -0.2) is 8.42 Å². The number of sulfonamides is 1. The summed E-state index contributed by atoms with van der Waals surface area (Å²) in [6.07, 6.45) is -4.66. The van der Waals surface area contributed by atoms with Crippen molar-refractivity contribution in [1.29, 1.82) is 0 Å². The van der Waals surface area contributed by atoms with Gasteiger partial charge in [-0.1, -0.05) is 19.1 Å². The lowest BCUT2D eigenvalue weighted by atomic mass is 10.1. The highest BCUT2D eigenvalue weighted by Gasteiger charge is 2.32. The third-order valence-electron chi connectivity index (χ3n) is 5.49. The van der Waals surface area contributed by atoms with Gasteiger partial charge in [0.2, 0.25) is 10.0 Å². The lowest BCUT2D eigenvalue weighted by Crippen LogP contribution is -2.30. The zero-order valence-corrected chi connectivity index (χ0v) is 21.2. The fraction of sp³-hybridized carbons (Fsp3) is 0.269. The third kappa shape index (κ3) is 7.01. The second-order valence-electron chi connectivity index (χ2n) is 7.93. The van der Waals surface area contributed by atoms with E-state index in [0.29, 0.717) is 11.3 Å². The van der Waals surface area contributed by atoms with Crippen LogP contribution in [0.1, 0.15) is 23.6 Å². The van der Waals surface area contributed by atoms with Crippen molar-refractivity contribution < 1.29 is 40.6 Å². The minimum Gasteiger partial charge on any atom is -0.497 e. The number of rotatable bonds is 10. The molecule has 0 bridgehead atoms. The zero-order chi connectivity index (χ0) is 27.2. The molecule has 7 nitrogen and oxygen atoms in total. The summed E-state index contributed by atoms with van der Waals surface area (Å²) in [5.74, 6) is 0.315. The van der Waals surface area contributed by atoms with E-state index in [0.717, 1.165) is 22.5 Å². The first kappa shape index (κ1) is 28.0. The summed E-state index contributed by atoms with van der Waals surface area (Å²) in [5.41, 5.74) is -0.339. The van der Waals surface area contributed by atoms with E-state index < -0.39 is 27.7 Å². The molecule has 0 fully saturated rings. The van der Waals surface area contributed by atoms with Crippen LogP contribution in [0.4, 0.5) is 13.2 Å². The number of hydrogen-bond donors (Lipinski definition) is 0. The van der Waals surface area contributed by atoms with Crippen molar-refractivity contribution in [3.05, 3.63) is 83.4 Å². The standard InChI is InChI=1S/C26H26F3NO6S/c1-4-30(37(32,33)23-11-9-21(34-2)10-12-23)17-19-16-20(26(27,28)29)8-13-24(19)36-22-7-5-6-18(14-22)15-25(31)35-3/h5-14,16H,4,15,17H2,1-3H3. The molecule has 3 rings (SSSR count). The molecule has 0 aliphatic heterocycles. The van der Waals surface area contributed by atoms with Gasteiger partial charge in [0.25, 0.3) is 0 Å². The normalized spacial score (nSPS) is 11.9. The van der Waals surface area contributed by atoms with E-state index in [9.17, 15) is 26.4 Å². The summed E-state index contributed by atoms with van der Waals surface area (Å²) < 4.78 is 83.7. The predicted molar refractivity (Wildman–Crippen MR) is 130 cm³/mol. The van der Waals surface area contributed by atoms with Gasteiger partial charge in [0, 0.05) is 18.7 Å². The Morgan fingerprint density at radius 2 is 1.65 bits per heavy atom. The quantitative estimate of drug-likeness (QED) is 0.321. The SMILES string of the molecule is CCN(Cc1cc(C(F)(F)F)ccc1Oc1cccc(CC(=O)OC)c1)S(=O)(=O)c1ccc(OC)cc1. The van der Waals surface area contributed by atoms with Crippen LogP contribution in [0, 0.1) is 0 Å². The first-order valence-electron chi connectivity index (χ1n) is 11.2. The molecule has 198 valence electrons. The molecular formula is C26H26F3NO6S. The number of alkyl halides is 3. The second kappa shape index (κ2) is 11.7. The highest BCUT2D eigenvalue weighted by atomic mass is 32.2. The van der Waals surface area contributed by atoms with E-state index in [4.69, 9.17) is 9.47 Å². The lowest BCUT2D eigenvalue weighted by molar-refractivity contribution is -0.140. The minimum atomic E-state index is -4.64. The van der Waals surface area contributed by atoms with E-state index >= 15 is 0 Å². The van der Waals surface area contributed by atoms with Crippen molar-refractivity contribution in [3.63, 3.8) is 0 Å². The summed E-state index contributed by atoms with van der Waals surface area (Å²) in [4.78, 5) is 11.6. The molecule has 3 aromatic rings. The van der Waals surface area contributed by atoms with Crippen LogP contribution in [-0.4, -0.2) is 39.5 Å². The van der Waals surface area contributed by atoms with E-state index in [1.54, 1.807) is 31.2 Å². The van der Waals surface area contributed by atoms with Crippen LogP contribution in [0.3, 0.4) is 0 Å². The predicted octanol–water partition coefficient (Wildman–Crippen LogP) is 5.43. The van der Waals surface area contributed by atoms with Crippen LogP contribution >= 0.6 is 0 Å². The maximum absolute atomic E-state index is 13.5. The Balaban J connectivity index is 1.98. The number of carbonyl (C=O) groups excluding carboxylic acids is 1. The largest absolute Gasteiger partial charge is 0.497 e. The molecule has 0 saturated carbocycles. The molecule has 3 aromatic carbocycles. The molecule has 0 unspecified atom stereocenters. The summed E-state index contributed by atoms with van der Waals surface area (Å²) in [5, 5.41) is 0. The van der Waals surface area contributed by atoms with Crippen LogP contribution in [-0.2, 0) is 38.7 Å². The minimum absolute atomic E-state index is 0.00133. The average molecular weight is 538 g/mol. The lowest BCUT2D eigenvalue weighted by Gasteiger charge is -2.23. The van der Waals surface area contributed by atoms with Crippen molar-refractivity contribution in [2.45, 2.75) is 31.0 Å². The number of ether oxygens (including phenoxy) is 3. The fourth-order valence-corrected chi connectivity index (χ4v) is 4.94. The van der Waals surface area contributed by atoms with Gasteiger partial charge in [0.1, 0.15) is 17.2 Å². The van der Waals surface area contributed by atoms with E-state index in [1.165, 1.54) is 38.5 Å². The molecule has 37 heavy (non-hydrogen) atoms.